The molecule has 1 aliphatic rings. The van der Waals surface area contributed by atoms with E-state index in [0.717, 1.165) is 25.9 Å². The third-order valence-electron chi connectivity index (χ3n) is 5.56. The van der Waals surface area contributed by atoms with Gasteiger partial charge in [0.25, 0.3) is 0 Å². The van der Waals surface area contributed by atoms with Gasteiger partial charge >= 0.3 is 0 Å². The maximum absolute atomic E-state index is 14.5. The lowest BCUT2D eigenvalue weighted by Gasteiger charge is -2.13. The quantitative estimate of drug-likeness (QED) is 0.452. The first-order valence-electron chi connectivity index (χ1n) is 10.6. The molecular weight excluding hydrogens is 450 g/mol. The molecule has 3 aromatic rings. The molecule has 6 nitrogen and oxygen atoms in total. The number of rotatable bonds is 8. The van der Waals surface area contributed by atoms with Gasteiger partial charge in [-0.15, -0.1) is 0 Å². The SMILES string of the molecule is COc1cc2ncnc(Nc3ccc(F)c(Cl)c3)c2cc1CC(=O)C(F)=CCN1CCCC1. The number of fused-ring (bicyclic) bond motifs is 1. The third kappa shape index (κ3) is 5.46. The summed E-state index contributed by atoms with van der Waals surface area (Å²) in [6, 6.07) is 7.60. The second-order valence-electron chi connectivity index (χ2n) is 7.82. The fraction of sp³-hybridized carbons (Fsp3) is 0.292. The summed E-state index contributed by atoms with van der Waals surface area (Å²) in [5, 5.41) is 3.66. The van der Waals surface area contributed by atoms with E-state index >= 15 is 0 Å². The molecule has 1 aromatic heterocycles. The summed E-state index contributed by atoms with van der Waals surface area (Å²) in [7, 11) is 1.48. The topological polar surface area (TPSA) is 67.4 Å². The molecule has 2 aromatic carbocycles. The van der Waals surface area contributed by atoms with Crippen LogP contribution < -0.4 is 10.1 Å². The number of hydrogen-bond donors (Lipinski definition) is 1. The number of nitrogens with one attached hydrogen (secondary N) is 1. The Bertz CT molecular complexity index is 1210. The molecular formula is C24H23ClF2N4O2. The van der Waals surface area contributed by atoms with Crippen molar-refractivity contribution in [2.24, 2.45) is 0 Å². The van der Waals surface area contributed by atoms with E-state index in [4.69, 9.17) is 16.3 Å². The number of halogens is 3. The molecule has 0 saturated carbocycles. The number of carbonyl (C=O) groups is 1. The second-order valence-corrected chi connectivity index (χ2v) is 8.22. The maximum Gasteiger partial charge on any atom is 0.195 e. The van der Waals surface area contributed by atoms with Crippen molar-refractivity contribution in [1.82, 2.24) is 14.9 Å². The molecule has 1 aliphatic heterocycles. The van der Waals surface area contributed by atoms with Crippen LogP contribution in [-0.4, -0.2) is 47.4 Å². The van der Waals surface area contributed by atoms with Crippen LogP contribution in [0.15, 0.2) is 48.6 Å². The Morgan fingerprint density at radius 3 is 2.76 bits per heavy atom. The van der Waals surface area contributed by atoms with Crippen molar-refractivity contribution in [2.45, 2.75) is 19.3 Å². The Morgan fingerprint density at radius 2 is 2.03 bits per heavy atom. The number of anilines is 2. The normalized spacial score (nSPS) is 14.6. The number of likely N-dealkylation sites (tertiary alicyclic amines) is 1. The van der Waals surface area contributed by atoms with E-state index in [1.54, 1.807) is 12.1 Å². The van der Waals surface area contributed by atoms with Crippen LogP contribution in [0.25, 0.3) is 10.9 Å². The molecule has 1 saturated heterocycles. The van der Waals surface area contributed by atoms with E-state index in [0.29, 0.717) is 40.3 Å². The minimum atomic E-state index is -0.757. The van der Waals surface area contributed by atoms with Gasteiger partial charge in [0.2, 0.25) is 0 Å². The van der Waals surface area contributed by atoms with Crippen LogP contribution in [0.1, 0.15) is 18.4 Å². The smallest absolute Gasteiger partial charge is 0.195 e. The fourth-order valence-corrected chi connectivity index (χ4v) is 3.99. The van der Waals surface area contributed by atoms with Gasteiger partial charge < -0.3 is 10.1 Å². The molecule has 33 heavy (non-hydrogen) atoms. The summed E-state index contributed by atoms with van der Waals surface area (Å²) in [6.07, 6.45) is 4.75. The van der Waals surface area contributed by atoms with Gasteiger partial charge in [-0.25, -0.2) is 18.7 Å². The molecule has 0 bridgehead atoms. The monoisotopic (exact) mass is 472 g/mol. The minimum Gasteiger partial charge on any atom is -0.496 e. The fourth-order valence-electron chi connectivity index (χ4n) is 3.81. The number of methoxy groups -OCH3 is 1. The van der Waals surface area contributed by atoms with Gasteiger partial charge in [-0.2, -0.15) is 0 Å². The van der Waals surface area contributed by atoms with Gasteiger partial charge in [-0.1, -0.05) is 11.6 Å². The minimum absolute atomic E-state index is 0.0255. The van der Waals surface area contributed by atoms with Crippen molar-refractivity contribution in [1.29, 1.82) is 0 Å². The molecule has 0 amide bonds. The molecule has 2 heterocycles. The van der Waals surface area contributed by atoms with Crippen LogP contribution in [0.4, 0.5) is 20.3 Å². The predicted octanol–water partition coefficient (Wildman–Crippen LogP) is 5.24. The second kappa shape index (κ2) is 10.2. The summed E-state index contributed by atoms with van der Waals surface area (Å²) in [5.74, 6) is -1.04. The van der Waals surface area contributed by atoms with Crippen molar-refractivity contribution < 1.29 is 18.3 Å². The standard InChI is InChI=1S/C24H23ClF2N4O2/c1-33-23-13-21-17(24(29-14-28-21)30-16-4-5-19(26)18(25)12-16)10-15(23)11-22(32)20(27)6-9-31-7-2-3-8-31/h4-6,10,12-14H,2-3,7-9,11H2,1H3,(H,28,29,30). The van der Waals surface area contributed by atoms with E-state index in [-0.39, 0.29) is 11.4 Å². The van der Waals surface area contributed by atoms with Gasteiger partial charge in [-0.3, -0.25) is 9.69 Å². The van der Waals surface area contributed by atoms with Gasteiger partial charge in [0, 0.05) is 35.7 Å². The summed E-state index contributed by atoms with van der Waals surface area (Å²) in [4.78, 5) is 23.2. The lowest BCUT2D eigenvalue weighted by molar-refractivity contribution is -0.116. The number of hydrogen-bond acceptors (Lipinski definition) is 6. The van der Waals surface area contributed by atoms with E-state index in [9.17, 15) is 13.6 Å². The van der Waals surface area contributed by atoms with Gasteiger partial charge in [-0.05, 0) is 56.3 Å². The highest BCUT2D eigenvalue weighted by Gasteiger charge is 2.17. The molecule has 0 spiro atoms. The average molecular weight is 473 g/mol. The number of benzene rings is 2. The molecule has 4 rings (SSSR count). The van der Waals surface area contributed by atoms with Gasteiger partial charge in [0.05, 0.1) is 17.6 Å². The number of aromatic nitrogens is 2. The summed E-state index contributed by atoms with van der Waals surface area (Å²) in [6.45, 7) is 2.27. The molecule has 0 unspecified atom stereocenters. The number of nitrogens with zero attached hydrogens (tertiary/aromatic N) is 3. The van der Waals surface area contributed by atoms with E-state index in [1.807, 2.05) is 0 Å². The van der Waals surface area contributed by atoms with Crippen LogP contribution in [0, 0.1) is 5.82 Å². The lowest BCUT2D eigenvalue weighted by Crippen LogP contribution is -2.19. The molecule has 9 heteroatoms. The zero-order chi connectivity index (χ0) is 23.4. The molecule has 1 fully saturated rings. The largest absolute Gasteiger partial charge is 0.496 e. The van der Waals surface area contributed by atoms with Crippen molar-refractivity contribution in [2.75, 3.05) is 32.1 Å². The Kier molecular flexibility index (Phi) is 7.15. The van der Waals surface area contributed by atoms with E-state index in [2.05, 4.69) is 20.2 Å². The Morgan fingerprint density at radius 1 is 1.24 bits per heavy atom. The zero-order valence-corrected chi connectivity index (χ0v) is 18.8. The molecule has 1 N–H and O–H groups in total. The Labute approximate surface area is 195 Å². The molecule has 0 radical (unpaired) electrons. The number of ketones is 1. The first-order valence-corrected chi connectivity index (χ1v) is 11.0. The number of Topliss-reactive ketones (excluding diaryl/α,β-unsaturated/α-hetero) is 1. The van der Waals surface area contributed by atoms with Crippen LogP contribution in [0.3, 0.4) is 0 Å². The van der Waals surface area contributed by atoms with Crippen LogP contribution >= 0.6 is 11.6 Å². The highest BCUT2D eigenvalue weighted by atomic mass is 35.5. The summed E-state index contributed by atoms with van der Waals surface area (Å²) in [5.41, 5.74) is 1.61. The van der Waals surface area contributed by atoms with Crippen molar-refractivity contribution in [3.8, 4) is 5.75 Å². The van der Waals surface area contributed by atoms with Crippen molar-refractivity contribution in [3.05, 3.63) is 65.0 Å². The van der Waals surface area contributed by atoms with Crippen molar-refractivity contribution >= 4 is 39.8 Å². The summed E-state index contributed by atoms with van der Waals surface area (Å²) < 4.78 is 33.4. The molecule has 172 valence electrons. The van der Waals surface area contributed by atoms with Crippen LogP contribution in [-0.2, 0) is 11.2 Å². The Hall–Kier alpha value is -3.10. The van der Waals surface area contributed by atoms with E-state index < -0.39 is 17.4 Å². The highest BCUT2D eigenvalue weighted by Crippen LogP contribution is 2.31. The number of ether oxygens (including phenoxy) is 1. The number of allylic oxidation sites excluding steroid dienone is 1. The highest BCUT2D eigenvalue weighted by molar-refractivity contribution is 6.31. The average Bonchev–Trinajstić information content (AvgIpc) is 3.33. The first kappa shape index (κ1) is 23.1. The first-order chi connectivity index (χ1) is 15.9. The van der Waals surface area contributed by atoms with Gasteiger partial charge in [0.1, 0.15) is 23.7 Å². The zero-order valence-electron chi connectivity index (χ0n) is 18.1. The lowest BCUT2D eigenvalue weighted by atomic mass is 10.0. The third-order valence-corrected chi connectivity index (χ3v) is 5.85. The molecule has 0 atom stereocenters. The maximum atomic E-state index is 14.5. The Balaban J connectivity index is 1.60. The van der Waals surface area contributed by atoms with Crippen molar-refractivity contribution in [3.63, 3.8) is 0 Å². The molecule has 0 aliphatic carbocycles. The summed E-state index contributed by atoms with van der Waals surface area (Å²) >= 11 is 5.87. The van der Waals surface area contributed by atoms with Crippen LogP contribution in [0.5, 0.6) is 5.75 Å². The van der Waals surface area contributed by atoms with E-state index in [1.165, 1.54) is 37.7 Å². The predicted molar refractivity (Wildman–Crippen MR) is 124 cm³/mol. The van der Waals surface area contributed by atoms with Gasteiger partial charge in [0.15, 0.2) is 11.6 Å². The number of carbonyl (C=O) groups excluding carboxylic acids is 1. The van der Waals surface area contributed by atoms with Crippen LogP contribution in [0.2, 0.25) is 5.02 Å².